The Bertz CT molecular complexity index is 292. The summed E-state index contributed by atoms with van der Waals surface area (Å²) in [6.07, 6.45) is 3.95. The van der Waals surface area contributed by atoms with E-state index in [1.165, 1.54) is 0 Å². The minimum atomic E-state index is 0.589. The number of hydrogen-bond acceptors (Lipinski definition) is 2. The van der Waals surface area contributed by atoms with Gasteiger partial charge in [0.05, 0.1) is 6.61 Å². The molecule has 0 aliphatic rings. The van der Waals surface area contributed by atoms with Gasteiger partial charge in [0.15, 0.2) is 0 Å². The second-order valence-electron chi connectivity index (χ2n) is 2.92. The lowest BCUT2D eigenvalue weighted by atomic mass is 10.2. The third kappa shape index (κ3) is 3.23. The predicted octanol–water partition coefficient (Wildman–Crippen LogP) is 2.79. The molecule has 1 aromatic carbocycles. The largest absolute Gasteiger partial charge is 0.489 e. The standard InChI is InChI=1S/C12H16O2/c1-3-4-9-14-12-8-6-5-7-11(12)10-13-2/h3-8H,9-10H2,1-2H3/b4-3+. The zero-order valence-corrected chi connectivity index (χ0v) is 8.69. The molecule has 1 aromatic rings. The maximum Gasteiger partial charge on any atom is 0.125 e. The number of rotatable bonds is 5. The predicted molar refractivity (Wildman–Crippen MR) is 57.5 cm³/mol. The summed E-state index contributed by atoms with van der Waals surface area (Å²) in [5, 5.41) is 0. The van der Waals surface area contributed by atoms with E-state index in [1.54, 1.807) is 7.11 Å². The molecular weight excluding hydrogens is 176 g/mol. The van der Waals surface area contributed by atoms with E-state index in [0.29, 0.717) is 13.2 Å². The van der Waals surface area contributed by atoms with Crippen LogP contribution in [0.4, 0.5) is 0 Å². The molecule has 76 valence electrons. The summed E-state index contributed by atoms with van der Waals surface area (Å²) in [6, 6.07) is 7.91. The van der Waals surface area contributed by atoms with Crippen molar-refractivity contribution in [3.8, 4) is 5.75 Å². The van der Waals surface area contributed by atoms with E-state index in [9.17, 15) is 0 Å². The Labute approximate surface area is 85.2 Å². The van der Waals surface area contributed by atoms with Gasteiger partial charge in [-0.3, -0.25) is 0 Å². The summed E-state index contributed by atoms with van der Waals surface area (Å²) < 4.78 is 10.6. The van der Waals surface area contributed by atoms with Crippen molar-refractivity contribution in [2.24, 2.45) is 0 Å². The third-order valence-electron chi connectivity index (χ3n) is 1.84. The molecule has 0 spiro atoms. The van der Waals surface area contributed by atoms with Gasteiger partial charge in [-0.15, -0.1) is 0 Å². The lowest BCUT2D eigenvalue weighted by Crippen LogP contribution is -1.98. The molecule has 0 saturated heterocycles. The zero-order valence-electron chi connectivity index (χ0n) is 8.69. The first-order chi connectivity index (χ1) is 6.88. The minimum Gasteiger partial charge on any atom is -0.489 e. The molecule has 0 aromatic heterocycles. The molecule has 1 rings (SSSR count). The lowest BCUT2D eigenvalue weighted by Gasteiger charge is -2.08. The summed E-state index contributed by atoms with van der Waals surface area (Å²) in [5.41, 5.74) is 1.08. The maximum absolute atomic E-state index is 5.56. The topological polar surface area (TPSA) is 18.5 Å². The number of benzene rings is 1. The first kappa shape index (κ1) is 10.8. The van der Waals surface area contributed by atoms with Crippen LogP contribution in [0.5, 0.6) is 5.75 Å². The first-order valence-electron chi connectivity index (χ1n) is 4.69. The van der Waals surface area contributed by atoms with Crippen LogP contribution >= 0.6 is 0 Å². The van der Waals surface area contributed by atoms with Crippen LogP contribution < -0.4 is 4.74 Å². The third-order valence-corrected chi connectivity index (χ3v) is 1.84. The van der Waals surface area contributed by atoms with Gasteiger partial charge in [0, 0.05) is 12.7 Å². The Morgan fingerprint density at radius 3 is 2.79 bits per heavy atom. The molecule has 0 saturated carbocycles. The van der Waals surface area contributed by atoms with Gasteiger partial charge >= 0.3 is 0 Å². The molecule has 0 atom stereocenters. The molecule has 0 unspecified atom stereocenters. The molecule has 0 aliphatic heterocycles. The van der Waals surface area contributed by atoms with Crippen molar-refractivity contribution in [3.05, 3.63) is 42.0 Å². The second-order valence-corrected chi connectivity index (χ2v) is 2.92. The molecule has 2 nitrogen and oxygen atoms in total. The van der Waals surface area contributed by atoms with Gasteiger partial charge < -0.3 is 9.47 Å². The maximum atomic E-state index is 5.56. The minimum absolute atomic E-state index is 0.589. The normalized spacial score (nSPS) is 10.7. The fraction of sp³-hybridized carbons (Fsp3) is 0.333. The molecule has 2 heteroatoms. The molecule has 0 bridgehead atoms. The molecule has 14 heavy (non-hydrogen) atoms. The molecule has 0 amide bonds. The van der Waals surface area contributed by atoms with Crippen LogP contribution in [0.2, 0.25) is 0 Å². The van der Waals surface area contributed by atoms with E-state index in [-0.39, 0.29) is 0 Å². The second kappa shape index (κ2) is 6.22. The van der Waals surface area contributed by atoms with E-state index in [4.69, 9.17) is 9.47 Å². The van der Waals surface area contributed by atoms with Crippen LogP contribution in [0.3, 0.4) is 0 Å². The number of methoxy groups -OCH3 is 1. The highest BCUT2D eigenvalue weighted by molar-refractivity contribution is 5.32. The number of hydrogen-bond donors (Lipinski definition) is 0. The van der Waals surface area contributed by atoms with Crippen LogP contribution in [0, 0.1) is 0 Å². The van der Waals surface area contributed by atoms with Crippen molar-refractivity contribution in [1.82, 2.24) is 0 Å². The van der Waals surface area contributed by atoms with E-state index in [1.807, 2.05) is 43.3 Å². The van der Waals surface area contributed by atoms with Crippen molar-refractivity contribution in [1.29, 1.82) is 0 Å². The van der Waals surface area contributed by atoms with Crippen LogP contribution in [0.1, 0.15) is 12.5 Å². The van der Waals surface area contributed by atoms with E-state index < -0.39 is 0 Å². The smallest absolute Gasteiger partial charge is 0.125 e. The van der Waals surface area contributed by atoms with Gasteiger partial charge in [-0.1, -0.05) is 30.4 Å². The van der Waals surface area contributed by atoms with Crippen molar-refractivity contribution in [2.45, 2.75) is 13.5 Å². The van der Waals surface area contributed by atoms with Crippen molar-refractivity contribution in [2.75, 3.05) is 13.7 Å². The SMILES string of the molecule is C/C=C/COc1ccccc1COC. The number of para-hydroxylation sites is 1. The van der Waals surface area contributed by atoms with Crippen LogP contribution in [-0.4, -0.2) is 13.7 Å². The molecular formula is C12H16O2. The Morgan fingerprint density at radius 1 is 1.29 bits per heavy atom. The van der Waals surface area contributed by atoms with E-state index >= 15 is 0 Å². The van der Waals surface area contributed by atoms with Gasteiger partial charge in [0.1, 0.15) is 12.4 Å². The first-order valence-corrected chi connectivity index (χ1v) is 4.69. The monoisotopic (exact) mass is 192 g/mol. The van der Waals surface area contributed by atoms with Crippen molar-refractivity contribution in [3.63, 3.8) is 0 Å². The highest BCUT2D eigenvalue weighted by Crippen LogP contribution is 2.18. The summed E-state index contributed by atoms with van der Waals surface area (Å²) in [5.74, 6) is 0.896. The summed E-state index contributed by atoms with van der Waals surface area (Å²) in [4.78, 5) is 0. The summed E-state index contributed by atoms with van der Waals surface area (Å²) in [7, 11) is 1.68. The highest BCUT2D eigenvalue weighted by Gasteiger charge is 2.00. The Balaban J connectivity index is 2.63. The lowest BCUT2D eigenvalue weighted by molar-refractivity contribution is 0.181. The van der Waals surface area contributed by atoms with Gasteiger partial charge in [-0.2, -0.15) is 0 Å². The Morgan fingerprint density at radius 2 is 2.07 bits per heavy atom. The molecule has 0 N–H and O–H groups in total. The summed E-state index contributed by atoms with van der Waals surface area (Å²) in [6.45, 7) is 3.17. The Hall–Kier alpha value is -1.28. The van der Waals surface area contributed by atoms with Gasteiger partial charge in [-0.25, -0.2) is 0 Å². The van der Waals surface area contributed by atoms with Gasteiger partial charge in [-0.05, 0) is 13.0 Å². The van der Waals surface area contributed by atoms with E-state index in [0.717, 1.165) is 11.3 Å². The van der Waals surface area contributed by atoms with Crippen LogP contribution in [-0.2, 0) is 11.3 Å². The fourth-order valence-electron chi connectivity index (χ4n) is 1.15. The van der Waals surface area contributed by atoms with Crippen LogP contribution in [0.15, 0.2) is 36.4 Å². The zero-order chi connectivity index (χ0) is 10.2. The van der Waals surface area contributed by atoms with Gasteiger partial charge in [0.2, 0.25) is 0 Å². The molecule has 0 radical (unpaired) electrons. The van der Waals surface area contributed by atoms with Crippen LogP contribution in [0.25, 0.3) is 0 Å². The van der Waals surface area contributed by atoms with Crippen molar-refractivity contribution < 1.29 is 9.47 Å². The molecule has 0 aliphatic carbocycles. The van der Waals surface area contributed by atoms with Crippen molar-refractivity contribution >= 4 is 0 Å². The van der Waals surface area contributed by atoms with Gasteiger partial charge in [0.25, 0.3) is 0 Å². The molecule has 0 heterocycles. The highest BCUT2D eigenvalue weighted by atomic mass is 16.5. The number of ether oxygens (including phenoxy) is 2. The molecule has 0 fully saturated rings. The average Bonchev–Trinajstić information content (AvgIpc) is 2.21. The number of allylic oxidation sites excluding steroid dienone is 1. The Kier molecular flexibility index (Phi) is 4.79. The summed E-state index contributed by atoms with van der Waals surface area (Å²) >= 11 is 0. The van der Waals surface area contributed by atoms with E-state index in [2.05, 4.69) is 0 Å². The fourth-order valence-corrected chi connectivity index (χ4v) is 1.15. The quantitative estimate of drug-likeness (QED) is 0.668. The average molecular weight is 192 g/mol.